The van der Waals surface area contributed by atoms with Crippen molar-refractivity contribution in [2.45, 2.75) is 43.9 Å². The smallest absolute Gasteiger partial charge is 0.411 e. The number of fused-ring (bicyclic) bond motifs is 2. The molecule has 2 saturated heterocycles. The summed E-state index contributed by atoms with van der Waals surface area (Å²) < 4.78 is 25.8. The van der Waals surface area contributed by atoms with Crippen molar-refractivity contribution in [2.75, 3.05) is 7.05 Å². The van der Waals surface area contributed by atoms with E-state index in [1.807, 2.05) is 6.07 Å². The highest BCUT2D eigenvalue weighted by molar-refractivity contribution is 7.62. The highest BCUT2D eigenvalue weighted by atomic mass is 31.2. The molecule has 148 valence electrons. The van der Waals surface area contributed by atoms with Gasteiger partial charge in [0.05, 0.1) is 16.3 Å². The maximum Gasteiger partial charge on any atom is 0.411 e. The summed E-state index contributed by atoms with van der Waals surface area (Å²) in [4.78, 5) is 12.8. The molecule has 2 fully saturated rings. The standard InChI is InChI=1S/C20H23N2O5P/c1-21-16-7-8-17(21)14-19(13-16)27-28(25,20-5-3-2-4-6-20)26-18-11-9-15(10-12-18)22(23)24/h2-6,9-12,16-17,19H,7-8,13-14H2,1H3/t16-,17+,19?,28-/m1/s1. The van der Waals surface area contributed by atoms with Crippen molar-refractivity contribution in [1.29, 1.82) is 0 Å². The largest absolute Gasteiger partial charge is 0.421 e. The lowest BCUT2D eigenvalue weighted by Crippen LogP contribution is -2.43. The molecule has 4 rings (SSSR count). The van der Waals surface area contributed by atoms with Gasteiger partial charge in [0.1, 0.15) is 5.75 Å². The molecule has 2 bridgehead atoms. The number of rotatable bonds is 6. The first-order valence-corrected chi connectivity index (χ1v) is 11.0. The van der Waals surface area contributed by atoms with Crippen LogP contribution in [0, 0.1) is 10.1 Å². The summed E-state index contributed by atoms with van der Waals surface area (Å²) in [5.74, 6) is 0.286. The van der Waals surface area contributed by atoms with Crippen molar-refractivity contribution in [3.05, 3.63) is 64.7 Å². The Morgan fingerprint density at radius 1 is 1.04 bits per heavy atom. The number of nitro groups is 1. The van der Waals surface area contributed by atoms with Crippen molar-refractivity contribution in [1.82, 2.24) is 4.90 Å². The Kier molecular flexibility index (Phi) is 5.23. The van der Waals surface area contributed by atoms with Crippen LogP contribution in [-0.2, 0) is 9.09 Å². The number of benzene rings is 2. The summed E-state index contributed by atoms with van der Waals surface area (Å²) in [5, 5.41) is 11.3. The molecule has 0 radical (unpaired) electrons. The molecule has 1 unspecified atom stereocenters. The lowest BCUT2D eigenvalue weighted by atomic mass is 10.0. The van der Waals surface area contributed by atoms with Crippen LogP contribution in [0.15, 0.2) is 54.6 Å². The lowest BCUT2D eigenvalue weighted by molar-refractivity contribution is -0.384. The van der Waals surface area contributed by atoms with E-state index in [0.29, 0.717) is 17.4 Å². The molecular formula is C20H23N2O5P. The van der Waals surface area contributed by atoms with Gasteiger partial charge in [-0.25, -0.2) is 4.57 Å². The highest BCUT2D eigenvalue weighted by Crippen LogP contribution is 2.51. The van der Waals surface area contributed by atoms with Crippen molar-refractivity contribution in [2.24, 2.45) is 0 Å². The molecule has 0 amide bonds. The molecule has 4 atom stereocenters. The van der Waals surface area contributed by atoms with E-state index in [1.54, 1.807) is 24.3 Å². The molecule has 8 heteroatoms. The topological polar surface area (TPSA) is 81.9 Å². The number of non-ortho nitro benzene ring substituents is 1. The van der Waals surface area contributed by atoms with Crippen LogP contribution in [0.5, 0.6) is 5.75 Å². The SMILES string of the molecule is CN1[C@@H]2CC[C@H]1CC(O[P@](=O)(Oc1ccc([N+](=O)[O-])cc1)c1ccccc1)C2. The summed E-state index contributed by atoms with van der Waals surface area (Å²) in [6.07, 6.45) is 3.79. The number of nitrogens with zero attached hydrogens (tertiary/aromatic N) is 2. The molecule has 0 aliphatic carbocycles. The first kappa shape index (κ1) is 19.1. The zero-order valence-corrected chi connectivity index (χ0v) is 16.5. The second-order valence-electron chi connectivity index (χ2n) is 7.42. The van der Waals surface area contributed by atoms with Crippen LogP contribution in [0.2, 0.25) is 0 Å². The second kappa shape index (κ2) is 7.66. The van der Waals surface area contributed by atoms with Crippen molar-refractivity contribution in [3.8, 4) is 5.75 Å². The Morgan fingerprint density at radius 3 is 2.21 bits per heavy atom. The van der Waals surface area contributed by atoms with Gasteiger partial charge in [-0.2, -0.15) is 0 Å². The first-order valence-electron chi connectivity index (χ1n) is 9.45. The van der Waals surface area contributed by atoms with Gasteiger partial charge in [0.25, 0.3) is 5.69 Å². The van der Waals surface area contributed by atoms with Gasteiger partial charge in [-0.05, 0) is 57.0 Å². The van der Waals surface area contributed by atoms with Gasteiger partial charge >= 0.3 is 7.60 Å². The maximum absolute atomic E-state index is 13.8. The van der Waals surface area contributed by atoms with Gasteiger partial charge in [-0.1, -0.05) is 18.2 Å². The third-order valence-corrected chi connectivity index (χ3v) is 7.65. The van der Waals surface area contributed by atoms with Gasteiger partial charge < -0.3 is 9.42 Å². The van der Waals surface area contributed by atoms with Crippen LogP contribution < -0.4 is 9.83 Å². The van der Waals surface area contributed by atoms with E-state index >= 15 is 0 Å². The number of hydrogen-bond donors (Lipinski definition) is 0. The molecule has 0 saturated carbocycles. The molecule has 28 heavy (non-hydrogen) atoms. The highest BCUT2D eigenvalue weighted by Gasteiger charge is 2.42. The molecule has 7 nitrogen and oxygen atoms in total. The fraction of sp³-hybridized carbons (Fsp3) is 0.400. The van der Waals surface area contributed by atoms with Gasteiger partial charge in [-0.3, -0.25) is 14.6 Å². The average molecular weight is 402 g/mol. The lowest BCUT2D eigenvalue weighted by Gasteiger charge is -2.37. The van der Waals surface area contributed by atoms with Crippen LogP contribution in [0.25, 0.3) is 0 Å². The Balaban J connectivity index is 1.58. The van der Waals surface area contributed by atoms with E-state index in [0.717, 1.165) is 25.7 Å². The van der Waals surface area contributed by atoms with Crippen molar-refractivity contribution < 1.29 is 18.5 Å². The monoisotopic (exact) mass is 402 g/mol. The minimum absolute atomic E-state index is 0.0466. The van der Waals surface area contributed by atoms with E-state index < -0.39 is 12.5 Å². The normalized spacial score (nSPS) is 26.5. The third-order valence-electron chi connectivity index (χ3n) is 5.69. The zero-order chi connectivity index (χ0) is 19.7. The molecule has 0 aromatic heterocycles. The summed E-state index contributed by atoms with van der Waals surface area (Å²) in [6.45, 7) is 0. The Labute approximate surface area is 163 Å². The molecule has 2 heterocycles. The average Bonchev–Trinajstić information content (AvgIpc) is 2.90. The van der Waals surface area contributed by atoms with Gasteiger partial charge in [0, 0.05) is 24.2 Å². The van der Waals surface area contributed by atoms with E-state index in [2.05, 4.69) is 11.9 Å². The van der Waals surface area contributed by atoms with Gasteiger partial charge in [-0.15, -0.1) is 0 Å². The quantitative estimate of drug-likeness (QED) is 0.410. The van der Waals surface area contributed by atoms with Crippen LogP contribution >= 0.6 is 7.60 Å². The van der Waals surface area contributed by atoms with E-state index in [9.17, 15) is 14.7 Å². The summed E-state index contributed by atoms with van der Waals surface area (Å²) in [5.41, 5.74) is -0.0466. The molecular weight excluding hydrogens is 379 g/mol. The molecule has 2 aliphatic heterocycles. The van der Waals surface area contributed by atoms with Gasteiger partial charge in [0.15, 0.2) is 0 Å². The summed E-state index contributed by atoms with van der Waals surface area (Å²) >= 11 is 0. The fourth-order valence-electron chi connectivity index (χ4n) is 4.16. The third kappa shape index (κ3) is 3.83. The fourth-order valence-corrected chi connectivity index (χ4v) is 5.93. The van der Waals surface area contributed by atoms with Crippen LogP contribution in [0.1, 0.15) is 25.7 Å². The number of piperidine rings is 1. The Morgan fingerprint density at radius 2 is 1.64 bits per heavy atom. The molecule has 2 aromatic rings. The number of hydrogen-bond acceptors (Lipinski definition) is 6. The minimum Gasteiger partial charge on any atom is -0.421 e. The van der Waals surface area contributed by atoms with E-state index in [4.69, 9.17) is 9.05 Å². The van der Waals surface area contributed by atoms with Crippen LogP contribution in [-0.4, -0.2) is 35.1 Å². The van der Waals surface area contributed by atoms with E-state index in [-0.39, 0.29) is 17.5 Å². The summed E-state index contributed by atoms with van der Waals surface area (Å²) in [7, 11) is -1.49. The molecule has 2 aliphatic rings. The predicted molar refractivity (Wildman–Crippen MR) is 106 cm³/mol. The van der Waals surface area contributed by atoms with Crippen LogP contribution in [0.4, 0.5) is 5.69 Å². The molecule has 0 spiro atoms. The predicted octanol–water partition coefficient (Wildman–Crippen LogP) is 4.13. The minimum atomic E-state index is -3.63. The van der Waals surface area contributed by atoms with Gasteiger partial charge in [0.2, 0.25) is 0 Å². The van der Waals surface area contributed by atoms with Crippen LogP contribution in [0.3, 0.4) is 0 Å². The maximum atomic E-state index is 13.8. The Hall–Kier alpha value is -2.21. The number of nitro benzene ring substituents is 1. The second-order valence-corrected chi connectivity index (χ2v) is 9.33. The Bertz CT molecular complexity index is 875. The zero-order valence-electron chi connectivity index (χ0n) is 15.6. The van der Waals surface area contributed by atoms with Crippen molar-refractivity contribution in [3.63, 3.8) is 0 Å². The molecule has 0 N–H and O–H groups in total. The first-order chi connectivity index (χ1) is 13.4. The molecule has 2 aromatic carbocycles. The van der Waals surface area contributed by atoms with Crippen molar-refractivity contribution >= 4 is 18.6 Å². The summed E-state index contributed by atoms with van der Waals surface area (Å²) in [6, 6.07) is 15.4. The van der Waals surface area contributed by atoms with E-state index in [1.165, 1.54) is 24.3 Å².